The first-order chi connectivity index (χ1) is 7.08. The van der Waals surface area contributed by atoms with Crippen LogP contribution in [-0.4, -0.2) is 16.0 Å². The van der Waals surface area contributed by atoms with Gasteiger partial charge in [-0.3, -0.25) is 4.90 Å². The Morgan fingerprint density at radius 1 is 1.13 bits per heavy atom. The molecule has 0 amide bonds. The molecule has 2 rings (SSSR count). The lowest BCUT2D eigenvalue weighted by Crippen LogP contribution is -2.24. The number of hydrogen-bond donors (Lipinski definition) is 1. The quantitative estimate of drug-likeness (QED) is 0.801. The minimum Gasteiger partial charge on any atom is -0.389 e. The molecule has 1 aromatic rings. The van der Waals surface area contributed by atoms with Gasteiger partial charge in [-0.2, -0.15) is 0 Å². The van der Waals surface area contributed by atoms with E-state index in [-0.39, 0.29) is 6.10 Å². The molecule has 1 aliphatic heterocycles. The van der Waals surface area contributed by atoms with Crippen LogP contribution < -0.4 is 0 Å². The van der Waals surface area contributed by atoms with Crippen LogP contribution in [-0.2, 0) is 13.1 Å². The maximum absolute atomic E-state index is 9.52. The molecular formula is C13H19NO. The van der Waals surface area contributed by atoms with Gasteiger partial charge >= 0.3 is 0 Å². The van der Waals surface area contributed by atoms with Gasteiger partial charge in [0.2, 0.25) is 0 Å². The van der Waals surface area contributed by atoms with E-state index >= 15 is 0 Å². The maximum Gasteiger partial charge on any atom is 0.0762 e. The average molecular weight is 205 g/mol. The van der Waals surface area contributed by atoms with Gasteiger partial charge in [0.15, 0.2) is 0 Å². The van der Waals surface area contributed by atoms with Gasteiger partial charge in [0.1, 0.15) is 0 Å². The summed E-state index contributed by atoms with van der Waals surface area (Å²) in [5, 5.41) is 9.52. The van der Waals surface area contributed by atoms with Gasteiger partial charge in [0.25, 0.3) is 0 Å². The number of aliphatic hydroxyl groups excluding tert-OH is 1. The summed E-state index contributed by atoms with van der Waals surface area (Å²) in [6, 6.07) is 6.92. The molecule has 1 N–H and O–H groups in total. The Labute approximate surface area is 91.5 Å². The number of nitrogens with zero attached hydrogens (tertiary/aromatic N) is 1. The second kappa shape index (κ2) is 3.95. The first kappa shape index (κ1) is 10.7. The van der Waals surface area contributed by atoms with E-state index in [1.165, 1.54) is 11.1 Å². The fraction of sp³-hybridized carbons (Fsp3) is 0.538. The van der Waals surface area contributed by atoms with Gasteiger partial charge in [0.05, 0.1) is 6.10 Å². The summed E-state index contributed by atoms with van der Waals surface area (Å²) in [5.41, 5.74) is 3.81. The lowest BCUT2D eigenvalue weighted by Gasteiger charge is -2.18. The fourth-order valence-corrected chi connectivity index (χ4v) is 2.07. The van der Waals surface area contributed by atoms with E-state index in [2.05, 4.69) is 30.9 Å². The molecule has 0 bridgehead atoms. The van der Waals surface area contributed by atoms with Gasteiger partial charge in [-0.1, -0.05) is 18.2 Å². The van der Waals surface area contributed by atoms with Crippen molar-refractivity contribution in [2.45, 2.75) is 46.0 Å². The highest BCUT2D eigenvalue weighted by atomic mass is 16.3. The van der Waals surface area contributed by atoms with Crippen molar-refractivity contribution in [3.05, 3.63) is 34.9 Å². The van der Waals surface area contributed by atoms with Crippen molar-refractivity contribution in [2.24, 2.45) is 0 Å². The van der Waals surface area contributed by atoms with E-state index < -0.39 is 0 Å². The maximum atomic E-state index is 9.52. The van der Waals surface area contributed by atoms with Crippen LogP contribution in [0.3, 0.4) is 0 Å². The Kier molecular flexibility index (Phi) is 2.81. The number of benzene rings is 1. The van der Waals surface area contributed by atoms with Crippen LogP contribution in [0, 0.1) is 0 Å². The van der Waals surface area contributed by atoms with Crippen LogP contribution in [0.1, 0.15) is 43.6 Å². The smallest absolute Gasteiger partial charge is 0.0762 e. The Morgan fingerprint density at radius 2 is 1.80 bits per heavy atom. The molecule has 1 unspecified atom stereocenters. The molecular weight excluding hydrogens is 186 g/mol. The van der Waals surface area contributed by atoms with Crippen LogP contribution in [0.25, 0.3) is 0 Å². The summed E-state index contributed by atoms with van der Waals surface area (Å²) >= 11 is 0. The summed E-state index contributed by atoms with van der Waals surface area (Å²) in [6.45, 7) is 8.33. The molecule has 0 aliphatic carbocycles. The summed E-state index contributed by atoms with van der Waals surface area (Å²) in [6.07, 6.45) is -0.358. The predicted molar refractivity (Wildman–Crippen MR) is 61.5 cm³/mol. The SMILES string of the molecule is CC(O)c1ccc2c(c1)CN(C(C)C)C2. The third kappa shape index (κ3) is 2.06. The molecule has 0 spiro atoms. The van der Waals surface area contributed by atoms with Crippen LogP contribution >= 0.6 is 0 Å². The van der Waals surface area contributed by atoms with Crippen molar-refractivity contribution >= 4 is 0 Å². The molecule has 82 valence electrons. The van der Waals surface area contributed by atoms with Crippen LogP contribution in [0.4, 0.5) is 0 Å². The summed E-state index contributed by atoms with van der Waals surface area (Å²) in [4.78, 5) is 2.44. The van der Waals surface area contributed by atoms with Crippen molar-refractivity contribution in [1.29, 1.82) is 0 Å². The first-order valence-electron chi connectivity index (χ1n) is 5.61. The Hall–Kier alpha value is -0.860. The Morgan fingerprint density at radius 3 is 2.40 bits per heavy atom. The average Bonchev–Trinajstić information content (AvgIpc) is 2.59. The van der Waals surface area contributed by atoms with E-state index in [1.807, 2.05) is 13.0 Å². The molecule has 0 radical (unpaired) electrons. The van der Waals surface area contributed by atoms with Gasteiger partial charge in [-0.15, -0.1) is 0 Å². The normalized spacial score (nSPS) is 18.2. The lowest BCUT2D eigenvalue weighted by atomic mass is 10.0. The van der Waals surface area contributed by atoms with E-state index in [0.717, 1.165) is 18.7 Å². The van der Waals surface area contributed by atoms with Gasteiger partial charge in [-0.25, -0.2) is 0 Å². The highest BCUT2D eigenvalue weighted by Gasteiger charge is 2.21. The van der Waals surface area contributed by atoms with E-state index in [0.29, 0.717) is 6.04 Å². The molecule has 2 heteroatoms. The van der Waals surface area contributed by atoms with Crippen molar-refractivity contribution < 1.29 is 5.11 Å². The Bertz CT molecular complexity index is 358. The van der Waals surface area contributed by atoms with Crippen LogP contribution in [0.5, 0.6) is 0 Å². The summed E-state index contributed by atoms with van der Waals surface area (Å²) in [5.74, 6) is 0. The van der Waals surface area contributed by atoms with Crippen molar-refractivity contribution in [2.75, 3.05) is 0 Å². The number of hydrogen-bond acceptors (Lipinski definition) is 2. The zero-order valence-electron chi connectivity index (χ0n) is 9.70. The molecule has 0 saturated heterocycles. The first-order valence-corrected chi connectivity index (χ1v) is 5.61. The van der Waals surface area contributed by atoms with E-state index in [1.54, 1.807) is 0 Å². The molecule has 1 atom stereocenters. The minimum atomic E-state index is -0.358. The van der Waals surface area contributed by atoms with Crippen LogP contribution in [0.2, 0.25) is 0 Å². The zero-order valence-corrected chi connectivity index (χ0v) is 9.70. The van der Waals surface area contributed by atoms with Crippen molar-refractivity contribution in [3.63, 3.8) is 0 Å². The second-order valence-corrected chi connectivity index (χ2v) is 4.70. The molecule has 15 heavy (non-hydrogen) atoms. The van der Waals surface area contributed by atoms with Gasteiger partial charge in [0, 0.05) is 19.1 Å². The Balaban J connectivity index is 2.24. The number of aliphatic hydroxyl groups is 1. The molecule has 0 aromatic heterocycles. The number of fused-ring (bicyclic) bond motifs is 1. The highest BCUT2D eigenvalue weighted by Crippen LogP contribution is 2.27. The topological polar surface area (TPSA) is 23.5 Å². The molecule has 1 aliphatic rings. The van der Waals surface area contributed by atoms with E-state index in [4.69, 9.17) is 0 Å². The largest absolute Gasteiger partial charge is 0.389 e. The molecule has 2 nitrogen and oxygen atoms in total. The second-order valence-electron chi connectivity index (χ2n) is 4.70. The standard InChI is InChI=1S/C13H19NO/c1-9(2)14-7-12-5-4-11(10(3)15)6-13(12)8-14/h4-6,9-10,15H,7-8H2,1-3H3. The third-order valence-corrected chi connectivity index (χ3v) is 3.19. The molecule has 0 fully saturated rings. The highest BCUT2D eigenvalue weighted by molar-refractivity contribution is 5.35. The van der Waals surface area contributed by atoms with Crippen molar-refractivity contribution in [1.82, 2.24) is 4.90 Å². The monoisotopic (exact) mass is 205 g/mol. The summed E-state index contributed by atoms with van der Waals surface area (Å²) in [7, 11) is 0. The predicted octanol–water partition coefficient (Wildman–Crippen LogP) is 2.46. The zero-order chi connectivity index (χ0) is 11.0. The molecule has 1 heterocycles. The van der Waals surface area contributed by atoms with Crippen LogP contribution in [0.15, 0.2) is 18.2 Å². The number of rotatable bonds is 2. The molecule has 0 saturated carbocycles. The molecule has 1 aromatic carbocycles. The summed E-state index contributed by atoms with van der Waals surface area (Å²) < 4.78 is 0. The minimum absolute atomic E-state index is 0.358. The van der Waals surface area contributed by atoms with E-state index in [9.17, 15) is 5.11 Å². The van der Waals surface area contributed by atoms with Gasteiger partial charge in [-0.05, 0) is 37.5 Å². The lowest BCUT2D eigenvalue weighted by molar-refractivity contribution is 0.199. The van der Waals surface area contributed by atoms with Gasteiger partial charge < -0.3 is 5.11 Å². The van der Waals surface area contributed by atoms with Crippen molar-refractivity contribution in [3.8, 4) is 0 Å². The third-order valence-electron chi connectivity index (χ3n) is 3.19. The fourth-order valence-electron chi connectivity index (χ4n) is 2.07.